The number of ketones is 1. The van der Waals surface area contributed by atoms with Crippen molar-refractivity contribution in [3.63, 3.8) is 0 Å². The first-order valence-electron chi connectivity index (χ1n) is 2.21. The summed E-state index contributed by atoms with van der Waals surface area (Å²) in [6, 6.07) is 0. The monoisotopic (exact) mass is 115 g/mol. The third-order valence-corrected chi connectivity index (χ3v) is 0.615. The van der Waals surface area contributed by atoms with Crippen molar-refractivity contribution in [2.75, 3.05) is 6.54 Å². The van der Waals surface area contributed by atoms with Crippen LogP contribution in [0.3, 0.4) is 0 Å². The third-order valence-electron chi connectivity index (χ3n) is 0.615. The van der Waals surface area contributed by atoms with E-state index in [0.29, 0.717) is 0 Å². The molecule has 0 bridgehead atoms. The maximum absolute atomic E-state index is 10.3. The number of carbonyl (C=O) groups excluding carboxylic acids is 1. The fourth-order valence-electron chi connectivity index (χ4n) is 0.285. The van der Waals surface area contributed by atoms with Gasteiger partial charge in [0, 0.05) is 0 Å². The number of nitrogens with one attached hydrogen (secondary N) is 1. The minimum absolute atomic E-state index is 0.0174. The van der Waals surface area contributed by atoms with Gasteiger partial charge in [0.25, 0.3) is 0 Å². The van der Waals surface area contributed by atoms with Gasteiger partial charge in [-0.05, 0) is 0 Å². The molecule has 0 unspecified atom stereocenters. The van der Waals surface area contributed by atoms with Crippen LogP contribution < -0.4 is 11.5 Å². The van der Waals surface area contributed by atoms with E-state index in [4.69, 9.17) is 16.9 Å². The van der Waals surface area contributed by atoms with E-state index < -0.39 is 0 Å². The maximum atomic E-state index is 10.3. The summed E-state index contributed by atoms with van der Waals surface area (Å²) in [5.41, 5.74) is 9.79. The first-order chi connectivity index (χ1) is 3.66. The van der Waals surface area contributed by atoms with E-state index in [2.05, 4.69) is 0 Å². The summed E-state index contributed by atoms with van der Waals surface area (Å²) in [5, 5.41) is 6.63. The zero-order chi connectivity index (χ0) is 6.57. The van der Waals surface area contributed by atoms with Crippen LogP contribution in [0.15, 0.2) is 0 Å². The number of Topliss-reactive ketones (excluding diaryl/α,β-unsaturated/α-hetero) is 1. The molecule has 0 aliphatic carbocycles. The summed E-state index contributed by atoms with van der Waals surface area (Å²) >= 11 is 0. The molecule has 0 heterocycles. The van der Waals surface area contributed by atoms with Gasteiger partial charge in [0.05, 0.1) is 18.8 Å². The van der Waals surface area contributed by atoms with Crippen molar-refractivity contribution in [3.8, 4) is 0 Å². The predicted octanol–water partition coefficient (Wildman–Crippen LogP) is -1.16. The van der Waals surface area contributed by atoms with E-state index in [1.165, 1.54) is 0 Å². The summed E-state index contributed by atoms with van der Waals surface area (Å²) < 4.78 is 0. The van der Waals surface area contributed by atoms with E-state index in [9.17, 15) is 4.79 Å². The van der Waals surface area contributed by atoms with Crippen molar-refractivity contribution in [2.45, 2.75) is 6.42 Å². The lowest BCUT2D eigenvalue weighted by molar-refractivity contribution is -0.116. The van der Waals surface area contributed by atoms with Crippen molar-refractivity contribution in [3.05, 3.63) is 0 Å². The summed E-state index contributed by atoms with van der Waals surface area (Å²) in [6.45, 7) is -0.0282. The Hall–Kier alpha value is -0.900. The molecule has 0 atom stereocenters. The highest BCUT2D eigenvalue weighted by Gasteiger charge is 1.97. The fourth-order valence-corrected chi connectivity index (χ4v) is 0.285. The van der Waals surface area contributed by atoms with Crippen molar-refractivity contribution in [2.24, 2.45) is 11.5 Å². The molecule has 0 aliphatic rings. The van der Waals surface area contributed by atoms with Crippen molar-refractivity contribution >= 4 is 11.6 Å². The quantitative estimate of drug-likeness (QED) is 0.320. The average Bonchev–Trinajstić information content (AvgIpc) is 1.65. The Bertz CT molecular complexity index is 110. The molecular formula is C4H9N3O. The van der Waals surface area contributed by atoms with E-state index >= 15 is 0 Å². The van der Waals surface area contributed by atoms with Crippen molar-refractivity contribution < 1.29 is 4.79 Å². The van der Waals surface area contributed by atoms with Crippen LogP contribution in [0.25, 0.3) is 0 Å². The molecule has 5 N–H and O–H groups in total. The minimum Gasteiger partial charge on any atom is -0.387 e. The van der Waals surface area contributed by atoms with Crippen LogP contribution in [0, 0.1) is 5.41 Å². The summed E-state index contributed by atoms with van der Waals surface area (Å²) in [6.07, 6.45) is -0.0174. The van der Waals surface area contributed by atoms with Crippen LogP contribution in [0.2, 0.25) is 0 Å². The number of nitrogens with two attached hydrogens (primary N) is 2. The van der Waals surface area contributed by atoms with Crippen LogP contribution in [0.1, 0.15) is 6.42 Å². The highest BCUT2D eigenvalue weighted by molar-refractivity contribution is 5.99. The van der Waals surface area contributed by atoms with Gasteiger partial charge in [0.15, 0.2) is 5.78 Å². The molecule has 0 radical (unpaired) electrons. The SMILES string of the molecule is N=C(N)CC(=O)CN. The molecule has 8 heavy (non-hydrogen) atoms. The van der Waals surface area contributed by atoms with Crippen LogP contribution in [-0.4, -0.2) is 18.2 Å². The van der Waals surface area contributed by atoms with Gasteiger partial charge in [-0.25, -0.2) is 0 Å². The lowest BCUT2D eigenvalue weighted by Gasteiger charge is -1.90. The molecule has 0 aromatic heterocycles. The molecule has 0 aliphatic heterocycles. The van der Waals surface area contributed by atoms with E-state index in [-0.39, 0.29) is 24.6 Å². The van der Waals surface area contributed by atoms with Gasteiger partial charge >= 0.3 is 0 Å². The first kappa shape index (κ1) is 7.10. The van der Waals surface area contributed by atoms with Gasteiger partial charge in [-0.1, -0.05) is 0 Å². The number of rotatable bonds is 3. The molecule has 4 heteroatoms. The van der Waals surface area contributed by atoms with Gasteiger partial charge < -0.3 is 11.5 Å². The van der Waals surface area contributed by atoms with Crippen LogP contribution in [0.5, 0.6) is 0 Å². The molecule has 0 saturated heterocycles. The second-order valence-electron chi connectivity index (χ2n) is 1.44. The van der Waals surface area contributed by atoms with E-state index in [1.807, 2.05) is 0 Å². The van der Waals surface area contributed by atoms with E-state index in [0.717, 1.165) is 0 Å². The summed E-state index contributed by atoms with van der Waals surface area (Å²) in [5.74, 6) is -0.321. The smallest absolute Gasteiger partial charge is 0.153 e. The zero-order valence-corrected chi connectivity index (χ0v) is 4.48. The first-order valence-corrected chi connectivity index (χ1v) is 2.21. The number of carbonyl (C=O) groups is 1. The second-order valence-corrected chi connectivity index (χ2v) is 1.44. The molecule has 0 fully saturated rings. The van der Waals surface area contributed by atoms with Crippen molar-refractivity contribution in [1.29, 1.82) is 5.41 Å². The van der Waals surface area contributed by atoms with Gasteiger partial charge in [0.2, 0.25) is 0 Å². The Kier molecular flexibility index (Phi) is 2.79. The molecule has 46 valence electrons. The molecule has 0 amide bonds. The zero-order valence-electron chi connectivity index (χ0n) is 4.48. The highest BCUT2D eigenvalue weighted by Crippen LogP contribution is 1.75. The third kappa shape index (κ3) is 3.30. The molecule has 0 spiro atoms. The molecule has 0 saturated carbocycles. The molecule has 0 aromatic carbocycles. The predicted molar refractivity (Wildman–Crippen MR) is 30.6 cm³/mol. The largest absolute Gasteiger partial charge is 0.387 e. The van der Waals surface area contributed by atoms with Gasteiger partial charge in [-0.3, -0.25) is 10.2 Å². The number of amidine groups is 1. The minimum atomic E-state index is -0.197. The normalized spacial score (nSPS) is 8.62. The number of hydrogen-bond acceptors (Lipinski definition) is 3. The van der Waals surface area contributed by atoms with Crippen LogP contribution in [-0.2, 0) is 4.79 Å². The maximum Gasteiger partial charge on any atom is 0.153 e. The van der Waals surface area contributed by atoms with Crippen molar-refractivity contribution in [1.82, 2.24) is 0 Å². The summed E-state index contributed by atoms with van der Waals surface area (Å²) in [7, 11) is 0. The molecule has 0 aromatic rings. The Labute approximate surface area is 47.4 Å². The van der Waals surface area contributed by atoms with Gasteiger partial charge in [-0.2, -0.15) is 0 Å². The van der Waals surface area contributed by atoms with Gasteiger partial charge in [0.1, 0.15) is 0 Å². The Morgan fingerprint density at radius 3 is 2.25 bits per heavy atom. The Balaban J connectivity index is 3.40. The Morgan fingerprint density at radius 2 is 2.12 bits per heavy atom. The lowest BCUT2D eigenvalue weighted by atomic mass is 10.3. The average molecular weight is 115 g/mol. The van der Waals surface area contributed by atoms with Gasteiger partial charge in [-0.15, -0.1) is 0 Å². The topological polar surface area (TPSA) is 93.0 Å². The molecule has 0 rings (SSSR count). The second kappa shape index (κ2) is 3.15. The fraction of sp³-hybridized carbons (Fsp3) is 0.500. The van der Waals surface area contributed by atoms with E-state index in [1.54, 1.807) is 0 Å². The van der Waals surface area contributed by atoms with Crippen LogP contribution >= 0.6 is 0 Å². The lowest BCUT2D eigenvalue weighted by Crippen LogP contribution is -2.21. The number of hydrogen-bond donors (Lipinski definition) is 3. The Morgan fingerprint density at radius 1 is 1.62 bits per heavy atom. The standard InChI is InChI=1S/C4H9N3O/c5-2-3(8)1-4(6)7/h1-2,5H2,(H3,6,7). The summed E-state index contributed by atoms with van der Waals surface area (Å²) in [4.78, 5) is 10.3. The van der Waals surface area contributed by atoms with Crippen LogP contribution in [0.4, 0.5) is 0 Å². The molecule has 4 nitrogen and oxygen atoms in total. The highest BCUT2D eigenvalue weighted by atomic mass is 16.1. The molecular weight excluding hydrogens is 106 g/mol.